The Hall–Kier alpha value is -3.17. The number of alkyl carbamates (subject to hydrolysis) is 1. The lowest BCUT2D eigenvalue weighted by molar-refractivity contribution is -0.123. The molecule has 0 unspecified atom stereocenters. The Morgan fingerprint density at radius 1 is 1.18 bits per heavy atom. The number of carbonyl (C=O) groups is 3. The molecular formula is C24H36N6O4. The summed E-state index contributed by atoms with van der Waals surface area (Å²) in [5, 5.41) is 19.9. The van der Waals surface area contributed by atoms with Crippen LogP contribution in [0.5, 0.6) is 0 Å². The Morgan fingerprint density at radius 3 is 2.29 bits per heavy atom. The van der Waals surface area contributed by atoms with Crippen LogP contribution in [0, 0.1) is 23.2 Å². The van der Waals surface area contributed by atoms with Gasteiger partial charge in [-0.05, 0) is 84.1 Å². The van der Waals surface area contributed by atoms with Gasteiger partial charge < -0.3 is 20.8 Å². The standard InChI is InChI=1S/C24H36N6O4/c1-14(2)30-18(10-11-27-30)21(31)29-20(19(15-6-7-15)16-8-9-16)22(32)28-17(12-25)13-26-23(33)34-24(3,4)5/h10-16,19-20,25H,6-9H2,1-5H3,(H,26,33)(H,28,32)(H,29,31)/b17-13+,25-12?/t20-/m0/s1. The van der Waals surface area contributed by atoms with Crippen LogP contribution in [0.3, 0.4) is 0 Å². The first-order chi connectivity index (χ1) is 16.0. The van der Waals surface area contributed by atoms with Crippen molar-refractivity contribution in [3.8, 4) is 0 Å². The molecule has 3 rings (SSSR count). The maximum absolute atomic E-state index is 13.4. The maximum Gasteiger partial charge on any atom is 0.411 e. The number of rotatable bonds is 10. The second-order valence-corrected chi connectivity index (χ2v) is 10.3. The molecule has 0 saturated heterocycles. The largest absolute Gasteiger partial charge is 0.444 e. The summed E-state index contributed by atoms with van der Waals surface area (Å²) in [6, 6.07) is 0.881. The van der Waals surface area contributed by atoms with Crippen LogP contribution in [0.1, 0.15) is 76.8 Å². The van der Waals surface area contributed by atoms with Gasteiger partial charge in [0, 0.05) is 24.7 Å². The number of amides is 3. The molecule has 0 aliphatic heterocycles. The van der Waals surface area contributed by atoms with Crippen molar-refractivity contribution in [3.63, 3.8) is 0 Å². The average molecular weight is 473 g/mol. The number of hydrogen-bond donors (Lipinski definition) is 4. The van der Waals surface area contributed by atoms with Crippen molar-refractivity contribution in [1.82, 2.24) is 25.7 Å². The number of ether oxygens (including phenoxy) is 1. The second kappa shape index (κ2) is 10.4. The van der Waals surface area contributed by atoms with Crippen LogP contribution in [0.15, 0.2) is 24.2 Å². The molecule has 34 heavy (non-hydrogen) atoms. The van der Waals surface area contributed by atoms with Gasteiger partial charge in [0.05, 0.1) is 5.70 Å². The lowest BCUT2D eigenvalue weighted by Gasteiger charge is -2.28. The van der Waals surface area contributed by atoms with Gasteiger partial charge >= 0.3 is 6.09 Å². The fourth-order valence-corrected chi connectivity index (χ4v) is 4.13. The minimum atomic E-state index is -0.757. The van der Waals surface area contributed by atoms with E-state index >= 15 is 0 Å². The summed E-state index contributed by atoms with van der Waals surface area (Å²) in [5.41, 5.74) is -0.189. The lowest BCUT2D eigenvalue weighted by Crippen LogP contribution is -2.52. The van der Waals surface area contributed by atoms with Crippen LogP contribution in [-0.2, 0) is 9.53 Å². The van der Waals surface area contributed by atoms with E-state index in [-0.39, 0.29) is 23.6 Å². The smallest absolute Gasteiger partial charge is 0.411 e. The van der Waals surface area contributed by atoms with Gasteiger partial charge in [-0.15, -0.1) is 0 Å². The molecule has 0 spiro atoms. The summed E-state index contributed by atoms with van der Waals surface area (Å²) < 4.78 is 6.81. The third-order valence-corrected chi connectivity index (χ3v) is 5.85. The molecule has 0 bridgehead atoms. The quantitative estimate of drug-likeness (QED) is 0.388. The van der Waals surface area contributed by atoms with Gasteiger partial charge in [0.25, 0.3) is 5.91 Å². The van der Waals surface area contributed by atoms with E-state index in [2.05, 4.69) is 21.0 Å². The van der Waals surface area contributed by atoms with Gasteiger partial charge in [-0.2, -0.15) is 5.10 Å². The molecule has 1 aromatic heterocycles. The first-order valence-electron chi connectivity index (χ1n) is 11.9. The van der Waals surface area contributed by atoms with Crippen LogP contribution in [0.25, 0.3) is 0 Å². The molecule has 2 aliphatic rings. The molecule has 10 nitrogen and oxygen atoms in total. The van der Waals surface area contributed by atoms with Crippen molar-refractivity contribution in [2.75, 3.05) is 0 Å². The monoisotopic (exact) mass is 472 g/mol. The zero-order valence-corrected chi connectivity index (χ0v) is 20.6. The summed E-state index contributed by atoms with van der Waals surface area (Å²) in [4.78, 5) is 38.5. The molecule has 2 aliphatic carbocycles. The van der Waals surface area contributed by atoms with Crippen LogP contribution in [-0.4, -0.2) is 45.5 Å². The van der Waals surface area contributed by atoms with Crippen LogP contribution in [0.4, 0.5) is 4.79 Å². The van der Waals surface area contributed by atoms with Crippen molar-refractivity contribution >= 4 is 24.1 Å². The van der Waals surface area contributed by atoms with Gasteiger partial charge in [0.1, 0.15) is 17.3 Å². The number of hydrogen-bond acceptors (Lipinski definition) is 6. The molecule has 4 N–H and O–H groups in total. The summed E-state index contributed by atoms with van der Waals surface area (Å²) >= 11 is 0. The van der Waals surface area contributed by atoms with E-state index in [1.54, 1.807) is 37.7 Å². The van der Waals surface area contributed by atoms with Crippen molar-refractivity contribution in [2.45, 2.75) is 78.0 Å². The van der Waals surface area contributed by atoms with Crippen molar-refractivity contribution in [3.05, 3.63) is 29.9 Å². The molecule has 1 aromatic rings. The number of carbonyl (C=O) groups excluding carboxylic acids is 3. The zero-order chi connectivity index (χ0) is 25.0. The van der Waals surface area contributed by atoms with Gasteiger partial charge in [-0.25, -0.2) is 4.79 Å². The molecule has 0 radical (unpaired) electrons. The number of allylic oxidation sites excluding steroid dienone is 1. The number of nitrogens with one attached hydrogen (secondary N) is 4. The Morgan fingerprint density at radius 2 is 1.79 bits per heavy atom. The fourth-order valence-electron chi connectivity index (χ4n) is 4.13. The minimum absolute atomic E-state index is 0.00272. The van der Waals surface area contributed by atoms with Gasteiger partial charge in [-0.1, -0.05) is 0 Å². The maximum atomic E-state index is 13.4. The highest BCUT2D eigenvalue weighted by atomic mass is 16.6. The van der Waals surface area contributed by atoms with E-state index in [1.807, 2.05) is 13.8 Å². The fraction of sp³-hybridized carbons (Fsp3) is 0.625. The highest BCUT2D eigenvalue weighted by molar-refractivity contribution is 5.98. The molecule has 2 saturated carbocycles. The van der Waals surface area contributed by atoms with Gasteiger partial charge in [-0.3, -0.25) is 19.6 Å². The Bertz CT molecular complexity index is 941. The summed E-state index contributed by atoms with van der Waals surface area (Å²) in [6.07, 6.45) is 7.19. The molecule has 1 heterocycles. The normalized spacial score (nSPS) is 17.3. The predicted molar refractivity (Wildman–Crippen MR) is 127 cm³/mol. The Kier molecular flexibility index (Phi) is 7.78. The zero-order valence-electron chi connectivity index (χ0n) is 20.6. The van der Waals surface area contributed by atoms with Crippen molar-refractivity contribution in [1.29, 1.82) is 5.41 Å². The Balaban J connectivity index is 1.76. The summed E-state index contributed by atoms with van der Waals surface area (Å²) in [5.74, 6) is 0.0558. The first-order valence-corrected chi connectivity index (χ1v) is 11.9. The predicted octanol–water partition coefficient (Wildman–Crippen LogP) is 3.13. The third kappa shape index (κ3) is 6.91. The summed E-state index contributed by atoms with van der Waals surface area (Å²) in [6.45, 7) is 9.09. The number of aromatic nitrogens is 2. The molecule has 10 heteroatoms. The molecular weight excluding hydrogens is 436 g/mol. The van der Waals surface area contributed by atoms with Crippen molar-refractivity contribution in [2.24, 2.45) is 17.8 Å². The topological polar surface area (TPSA) is 138 Å². The van der Waals surface area contributed by atoms with Crippen molar-refractivity contribution < 1.29 is 19.1 Å². The lowest BCUT2D eigenvalue weighted by atomic mass is 9.88. The van der Waals surface area contributed by atoms with Crippen LogP contribution >= 0.6 is 0 Å². The van der Waals surface area contributed by atoms with E-state index in [9.17, 15) is 14.4 Å². The molecule has 2 fully saturated rings. The summed E-state index contributed by atoms with van der Waals surface area (Å²) in [7, 11) is 0. The van der Waals surface area contributed by atoms with Gasteiger partial charge in [0.15, 0.2) is 0 Å². The highest BCUT2D eigenvalue weighted by Gasteiger charge is 2.48. The highest BCUT2D eigenvalue weighted by Crippen LogP contribution is 2.50. The minimum Gasteiger partial charge on any atom is -0.444 e. The van der Waals surface area contributed by atoms with Gasteiger partial charge in [0.2, 0.25) is 5.91 Å². The third-order valence-electron chi connectivity index (χ3n) is 5.85. The van der Waals surface area contributed by atoms with E-state index < -0.39 is 23.6 Å². The van der Waals surface area contributed by atoms with E-state index in [0.717, 1.165) is 31.9 Å². The van der Waals surface area contributed by atoms with E-state index in [0.29, 0.717) is 17.5 Å². The van der Waals surface area contributed by atoms with Crippen LogP contribution in [0.2, 0.25) is 0 Å². The van der Waals surface area contributed by atoms with E-state index in [4.69, 9.17) is 10.1 Å². The molecule has 186 valence electrons. The van der Waals surface area contributed by atoms with Crippen LogP contribution < -0.4 is 16.0 Å². The average Bonchev–Trinajstić information content (AvgIpc) is 3.68. The molecule has 3 amide bonds. The SMILES string of the molecule is CC(C)n1nccc1C(=O)N[C@H](C(=O)N/C(C=N)=C/NC(=O)OC(C)(C)C)C(C1CC1)C1CC1. The molecule has 1 atom stereocenters. The van der Waals surface area contributed by atoms with E-state index in [1.165, 1.54) is 6.20 Å². The first kappa shape index (κ1) is 25.5. The number of nitrogens with zero attached hydrogens (tertiary/aromatic N) is 2. The molecule has 0 aromatic carbocycles. The Labute approximate surface area is 200 Å². The second-order valence-electron chi connectivity index (χ2n) is 10.3.